The Labute approximate surface area is 131 Å². The lowest BCUT2D eigenvalue weighted by Crippen LogP contribution is -2.39. The topological polar surface area (TPSA) is 125 Å². The van der Waals surface area contributed by atoms with E-state index >= 15 is 0 Å². The number of aliphatic hydroxyl groups excluding tert-OH is 5. The Hall–Kier alpha value is -0.770. The number of aliphatic hydroxyl groups is 5. The second-order valence-electron chi connectivity index (χ2n) is 5.04. The van der Waals surface area contributed by atoms with Gasteiger partial charge in [0.2, 0.25) is 5.91 Å². The Kier molecular flexibility index (Phi) is 13.4. The van der Waals surface area contributed by atoms with Crippen molar-refractivity contribution in [3.8, 4) is 0 Å². The van der Waals surface area contributed by atoms with Crippen LogP contribution in [0, 0.1) is 0 Å². The molecule has 0 rings (SSSR count). The van der Waals surface area contributed by atoms with Crippen LogP contribution in [-0.4, -0.2) is 100 Å². The maximum atomic E-state index is 11.9. The van der Waals surface area contributed by atoms with Gasteiger partial charge in [-0.3, -0.25) is 9.69 Å². The number of carbonyl (C=O) groups excluding carboxylic acids is 1. The molecule has 0 aromatic rings. The van der Waals surface area contributed by atoms with Crippen LogP contribution in [0.25, 0.3) is 0 Å². The van der Waals surface area contributed by atoms with Gasteiger partial charge in [0.25, 0.3) is 0 Å². The normalized spacial score (nSPS) is 12.6. The van der Waals surface area contributed by atoms with E-state index in [1.807, 2.05) is 0 Å². The molecule has 0 aromatic carbocycles. The standard InChI is InChI=1S/C14H30N2O6/c17-9-5-15(6-10-18)13(21)3-1-2-4-14(22)16(7-11-19)8-12-20/h13,17-21H,1-12H2. The highest BCUT2D eigenvalue weighted by Crippen LogP contribution is 2.09. The van der Waals surface area contributed by atoms with Gasteiger partial charge in [-0.15, -0.1) is 0 Å². The van der Waals surface area contributed by atoms with Crippen molar-refractivity contribution in [3.63, 3.8) is 0 Å². The van der Waals surface area contributed by atoms with Crippen LogP contribution in [0.4, 0.5) is 0 Å². The van der Waals surface area contributed by atoms with Crippen molar-refractivity contribution in [2.24, 2.45) is 0 Å². The minimum atomic E-state index is -0.750. The fraction of sp³-hybridized carbons (Fsp3) is 0.929. The van der Waals surface area contributed by atoms with Crippen molar-refractivity contribution in [3.05, 3.63) is 0 Å². The first kappa shape index (κ1) is 21.2. The highest BCUT2D eigenvalue weighted by Gasteiger charge is 2.15. The summed E-state index contributed by atoms with van der Waals surface area (Å²) in [5, 5.41) is 45.5. The molecule has 1 unspecified atom stereocenters. The smallest absolute Gasteiger partial charge is 0.222 e. The van der Waals surface area contributed by atoms with E-state index in [-0.39, 0.29) is 45.4 Å². The van der Waals surface area contributed by atoms with Gasteiger partial charge in [0, 0.05) is 32.6 Å². The summed E-state index contributed by atoms with van der Waals surface area (Å²) in [7, 11) is 0. The van der Waals surface area contributed by atoms with Crippen LogP contribution in [0.15, 0.2) is 0 Å². The lowest BCUT2D eigenvalue weighted by atomic mass is 10.1. The number of nitrogens with zero attached hydrogens (tertiary/aromatic N) is 2. The third-order valence-electron chi connectivity index (χ3n) is 3.39. The number of rotatable bonds is 14. The summed E-state index contributed by atoms with van der Waals surface area (Å²) in [6.45, 7) is 0.553. The third kappa shape index (κ3) is 9.29. The molecule has 0 fully saturated rings. The number of hydrogen-bond donors (Lipinski definition) is 5. The molecule has 0 spiro atoms. The molecule has 0 bridgehead atoms. The average Bonchev–Trinajstić information content (AvgIpc) is 2.50. The zero-order chi connectivity index (χ0) is 16.8. The number of hydrogen-bond acceptors (Lipinski definition) is 7. The Morgan fingerprint density at radius 1 is 0.818 bits per heavy atom. The van der Waals surface area contributed by atoms with Crippen LogP contribution in [0.3, 0.4) is 0 Å². The van der Waals surface area contributed by atoms with E-state index in [0.29, 0.717) is 38.8 Å². The van der Waals surface area contributed by atoms with E-state index in [4.69, 9.17) is 20.4 Å². The van der Waals surface area contributed by atoms with Gasteiger partial charge in [-0.2, -0.15) is 0 Å². The van der Waals surface area contributed by atoms with E-state index in [2.05, 4.69) is 0 Å². The van der Waals surface area contributed by atoms with Gasteiger partial charge >= 0.3 is 0 Å². The molecule has 0 aliphatic rings. The Morgan fingerprint density at radius 3 is 1.77 bits per heavy atom. The summed E-state index contributed by atoms with van der Waals surface area (Å²) >= 11 is 0. The molecule has 5 N–H and O–H groups in total. The molecular weight excluding hydrogens is 292 g/mol. The zero-order valence-corrected chi connectivity index (χ0v) is 13.1. The van der Waals surface area contributed by atoms with Gasteiger partial charge in [0.1, 0.15) is 6.23 Å². The van der Waals surface area contributed by atoms with E-state index < -0.39 is 6.23 Å². The van der Waals surface area contributed by atoms with Crippen molar-refractivity contribution in [1.82, 2.24) is 9.80 Å². The molecule has 8 heteroatoms. The number of amides is 1. The first-order valence-corrected chi connectivity index (χ1v) is 7.74. The summed E-state index contributed by atoms with van der Waals surface area (Å²) in [5.41, 5.74) is 0. The Balaban J connectivity index is 4.00. The first-order valence-electron chi connectivity index (χ1n) is 7.74. The van der Waals surface area contributed by atoms with E-state index in [1.54, 1.807) is 4.90 Å². The monoisotopic (exact) mass is 322 g/mol. The second kappa shape index (κ2) is 13.9. The lowest BCUT2D eigenvalue weighted by molar-refractivity contribution is -0.132. The molecule has 0 saturated carbocycles. The summed E-state index contributed by atoms with van der Waals surface area (Å²) in [5.74, 6) is -0.125. The summed E-state index contributed by atoms with van der Waals surface area (Å²) in [6.07, 6.45) is 1.22. The molecule has 0 aromatic heterocycles. The van der Waals surface area contributed by atoms with Crippen molar-refractivity contribution in [1.29, 1.82) is 0 Å². The number of carbonyl (C=O) groups is 1. The van der Waals surface area contributed by atoms with Crippen molar-refractivity contribution < 1.29 is 30.3 Å². The summed E-state index contributed by atoms with van der Waals surface area (Å²) in [6, 6.07) is 0. The average molecular weight is 322 g/mol. The highest BCUT2D eigenvalue weighted by atomic mass is 16.3. The SMILES string of the molecule is O=C(CCCCC(O)N(CCO)CCO)N(CCO)CCO. The third-order valence-corrected chi connectivity index (χ3v) is 3.39. The maximum absolute atomic E-state index is 11.9. The molecule has 132 valence electrons. The predicted molar refractivity (Wildman–Crippen MR) is 81.0 cm³/mol. The molecule has 0 radical (unpaired) electrons. The first-order chi connectivity index (χ1) is 10.6. The minimum Gasteiger partial charge on any atom is -0.395 e. The minimum absolute atomic E-state index is 0.0905. The fourth-order valence-electron chi connectivity index (χ4n) is 2.21. The molecule has 0 heterocycles. The van der Waals surface area contributed by atoms with E-state index in [9.17, 15) is 9.90 Å². The fourth-order valence-corrected chi connectivity index (χ4v) is 2.21. The second-order valence-corrected chi connectivity index (χ2v) is 5.04. The zero-order valence-electron chi connectivity index (χ0n) is 13.1. The maximum Gasteiger partial charge on any atom is 0.222 e. The van der Waals surface area contributed by atoms with Crippen LogP contribution in [0.1, 0.15) is 25.7 Å². The molecule has 0 saturated heterocycles. The lowest BCUT2D eigenvalue weighted by Gasteiger charge is -2.26. The van der Waals surface area contributed by atoms with Gasteiger partial charge < -0.3 is 30.4 Å². The van der Waals surface area contributed by atoms with Gasteiger partial charge in [-0.05, 0) is 19.3 Å². The van der Waals surface area contributed by atoms with Gasteiger partial charge in [-0.25, -0.2) is 0 Å². The quantitative estimate of drug-likeness (QED) is 0.184. The molecule has 8 nitrogen and oxygen atoms in total. The van der Waals surface area contributed by atoms with Crippen molar-refractivity contribution in [2.75, 3.05) is 52.6 Å². The molecule has 22 heavy (non-hydrogen) atoms. The summed E-state index contributed by atoms with van der Waals surface area (Å²) in [4.78, 5) is 14.9. The van der Waals surface area contributed by atoms with Gasteiger partial charge in [0.05, 0.1) is 26.4 Å². The van der Waals surface area contributed by atoms with Crippen molar-refractivity contribution >= 4 is 5.91 Å². The van der Waals surface area contributed by atoms with Crippen LogP contribution in [0.2, 0.25) is 0 Å². The predicted octanol–water partition coefficient (Wildman–Crippen LogP) is -2.03. The summed E-state index contributed by atoms with van der Waals surface area (Å²) < 4.78 is 0. The van der Waals surface area contributed by atoms with Gasteiger partial charge in [-0.1, -0.05) is 0 Å². The molecular formula is C14H30N2O6. The number of unbranched alkanes of at least 4 members (excludes halogenated alkanes) is 1. The van der Waals surface area contributed by atoms with E-state index in [0.717, 1.165) is 0 Å². The largest absolute Gasteiger partial charge is 0.395 e. The Morgan fingerprint density at radius 2 is 1.32 bits per heavy atom. The van der Waals surface area contributed by atoms with Crippen LogP contribution in [-0.2, 0) is 4.79 Å². The Bertz CT molecular complexity index is 268. The van der Waals surface area contributed by atoms with Crippen molar-refractivity contribution in [2.45, 2.75) is 31.9 Å². The van der Waals surface area contributed by atoms with Crippen LogP contribution in [0.5, 0.6) is 0 Å². The van der Waals surface area contributed by atoms with Crippen LogP contribution >= 0.6 is 0 Å². The molecule has 1 atom stereocenters. The van der Waals surface area contributed by atoms with Crippen LogP contribution < -0.4 is 0 Å². The van der Waals surface area contributed by atoms with E-state index in [1.165, 1.54) is 4.90 Å². The van der Waals surface area contributed by atoms with Gasteiger partial charge in [0.15, 0.2) is 0 Å². The molecule has 1 amide bonds. The molecule has 0 aliphatic heterocycles. The highest BCUT2D eigenvalue weighted by molar-refractivity contribution is 5.76. The molecule has 0 aliphatic carbocycles.